The first kappa shape index (κ1) is 31.8. The van der Waals surface area contributed by atoms with Crippen molar-refractivity contribution >= 4 is 120 Å². The van der Waals surface area contributed by atoms with E-state index in [0.29, 0.717) is 22.9 Å². The lowest BCUT2D eigenvalue weighted by Gasteiger charge is -2.28. The molecule has 2 nitrogen and oxygen atoms in total. The van der Waals surface area contributed by atoms with Crippen LogP contribution in [-0.2, 0) is 0 Å². The molecule has 0 bridgehead atoms. The van der Waals surface area contributed by atoms with Gasteiger partial charge in [-0.3, -0.25) is 0 Å². The molecule has 11 heteroatoms. The maximum Gasteiger partial charge on any atom is 0.118 e. The van der Waals surface area contributed by atoms with Gasteiger partial charge in [0.05, 0.1) is 0 Å². The summed E-state index contributed by atoms with van der Waals surface area (Å²) in [5, 5.41) is 22.2. The van der Waals surface area contributed by atoms with Gasteiger partial charge in [-0.1, -0.05) is 69.8 Å². The molecular formula is C27H23B9O2. The van der Waals surface area contributed by atoms with E-state index in [9.17, 15) is 10.2 Å². The Morgan fingerprint density at radius 1 is 0.868 bits per heavy atom. The van der Waals surface area contributed by atoms with Gasteiger partial charge in [0.25, 0.3) is 0 Å². The highest BCUT2D eigenvalue weighted by atomic mass is 16.3. The van der Waals surface area contributed by atoms with E-state index in [1.165, 1.54) is 0 Å². The van der Waals surface area contributed by atoms with Gasteiger partial charge < -0.3 is 10.2 Å². The number of allylic oxidation sites excluding steroid dienone is 8. The second kappa shape index (κ2) is 12.6. The Balaban J connectivity index is 3.04. The number of benzene rings is 2. The third-order valence-electron chi connectivity index (χ3n) is 6.81. The molecule has 170 valence electrons. The Labute approximate surface area is 239 Å². The first-order chi connectivity index (χ1) is 17.6. The zero-order valence-electron chi connectivity index (χ0n) is 22.4. The molecule has 0 amide bonds. The van der Waals surface area contributed by atoms with Crippen molar-refractivity contribution in [3.8, 4) is 5.75 Å². The average Bonchev–Trinajstić information content (AvgIpc) is 2.87. The van der Waals surface area contributed by atoms with Gasteiger partial charge in [0.2, 0.25) is 0 Å². The lowest BCUT2D eigenvalue weighted by atomic mass is 9.61. The molecule has 2 rings (SSSR count). The molecule has 0 aliphatic heterocycles. The molecular weight excluding hydrogens is 454 g/mol. The highest BCUT2D eigenvalue weighted by Gasteiger charge is 2.25. The minimum Gasteiger partial charge on any atom is -0.508 e. The highest BCUT2D eigenvalue weighted by Crippen LogP contribution is 2.36. The second-order valence-corrected chi connectivity index (χ2v) is 9.28. The lowest BCUT2D eigenvalue weighted by molar-refractivity contribution is 0.429. The SMILES string of the molecule is [B]C(=C)/C(O)=C(\C[C@H](C)/C(C)=C(C(\[B])=C/C)/C([B])=C\CC)c1c([B])c([B])c(O)c2c([B])c([B])c([B])c([B])c12. The predicted molar refractivity (Wildman–Crippen MR) is 173 cm³/mol. The van der Waals surface area contributed by atoms with Crippen molar-refractivity contribution in [1.82, 2.24) is 0 Å². The first-order valence-corrected chi connectivity index (χ1v) is 12.0. The molecule has 0 aliphatic rings. The quantitative estimate of drug-likeness (QED) is 0.296. The van der Waals surface area contributed by atoms with Crippen LogP contribution in [-0.4, -0.2) is 80.8 Å². The Kier molecular flexibility index (Phi) is 10.6. The topological polar surface area (TPSA) is 40.5 Å². The summed E-state index contributed by atoms with van der Waals surface area (Å²) < 4.78 is 0. The summed E-state index contributed by atoms with van der Waals surface area (Å²) in [5.74, 6) is -1.01. The van der Waals surface area contributed by atoms with Crippen molar-refractivity contribution in [2.45, 2.75) is 40.5 Å². The molecule has 2 aromatic rings. The smallest absolute Gasteiger partial charge is 0.118 e. The Bertz CT molecular complexity index is 1420. The number of hydrogen-bond donors (Lipinski definition) is 2. The summed E-state index contributed by atoms with van der Waals surface area (Å²) in [4.78, 5) is 0. The number of aromatic hydroxyl groups is 1. The fraction of sp³-hybridized carbons (Fsp3) is 0.259. The third kappa shape index (κ3) is 5.77. The Morgan fingerprint density at radius 2 is 1.39 bits per heavy atom. The van der Waals surface area contributed by atoms with Crippen molar-refractivity contribution in [3.05, 3.63) is 57.6 Å². The molecule has 0 fully saturated rings. The summed E-state index contributed by atoms with van der Waals surface area (Å²) >= 11 is 0. The van der Waals surface area contributed by atoms with Crippen molar-refractivity contribution in [2.75, 3.05) is 0 Å². The molecule has 0 unspecified atom stereocenters. The summed E-state index contributed by atoms with van der Waals surface area (Å²) in [6.07, 6.45) is 4.52. The predicted octanol–water partition coefficient (Wildman–Crippen LogP) is -0.863. The number of phenolic OH excluding ortho intramolecular Hbond substituents is 1. The summed E-state index contributed by atoms with van der Waals surface area (Å²) in [6, 6.07) is 0. The van der Waals surface area contributed by atoms with Crippen LogP contribution >= 0.6 is 0 Å². The average molecular weight is 477 g/mol. The molecule has 18 radical (unpaired) electrons. The number of rotatable bonds is 8. The Morgan fingerprint density at radius 3 is 1.87 bits per heavy atom. The number of fused-ring (bicyclic) bond motifs is 1. The molecule has 2 N–H and O–H groups in total. The second-order valence-electron chi connectivity index (χ2n) is 9.28. The van der Waals surface area contributed by atoms with E-state index in [1.54, 1.807) is 6.08 Å². The van der Waals surface area contributed by atoms with Crippen LogP contribution in [0, 0.1) is 5.92 Å². The molecule has 0 spiro atoms. The lowest BCUT2D eigenvalue weighted by Crippen LogP contribution is -2.49. The van der Waals surface area contributed by atoms with E-state index in [4.69, 9.17) is 70.6 Å². The van der Waals surface area contributed by atoms with Crippen LogP contribution in [0.4, 0.5) is 0 Å². The zero-order valence-corrected chi connectivity index (χ0v) is 22.4. The van der Waals surface area contributed by atoms with E-state index in [2.05, 4.69) is 6.58 Å². The van der Waals surface area contributed by atoms with Gasteiger partial charge in [-0.25, -0.2) is 0 Å². The molecule has 38 heavy (non-hydrogen) atoms. The van der Waals surface area contributed by atoms with Gasteiger partial charge in [-0.15, -0.1) is 17.5 Å². The van der Waals surface area contributed by atoms with Gasteiger partial charge in [0, 0.05) is 11.0 Å². The van der Waals surface area contributed by atoms with E-state index in [0.717, 1.165) is 5.57 Å². The minimum absolute atomic E-state index is 0.00465. The fourth-order valence-electron chi connectivity index (χ4n) is 4.48. The Hall–Kier alpha value is -2.42. The molecule has 0 saturated heterocycles. The fourth-order valence-corrected chi connectivity index (χ4v) is 4.48. The molecule has 0 aromatic heterocycles. The summed E-state index contributed by atoms with van der Waals surface area (Å²) in [6.45, 7) is 11.3. The maximum atomic E-state index is 11.2. The summed E-state index contributed by atoms with van der Waals surface area (Å²) in [7, 11) is 56.0. The van der Waals surface area contributed by atoms with Crippen LogP contribution in [0.5, 0.6) is 5.75 Å². The monoisotopic (exact) mass is 478 g/mol. The van der Waals surface area contributed by atoms with E-state index in [1.807, 2.05) is 33.8 Å². The normalized spacial score (nSPS) is 14.7. The van der Waals surface area contributed by atoms with Crippen LogP contribution in [0.2, 0.25) is 0 Å². The number of aliphatic hydroxyl groups is 1. The highest BCUT2D eigenvalue weighted by molar-refractivity contribution is 6.68. The van der Waals surface area contributed by atoms with Gasteiger partial charge in [0.15, 0.2) is 0 Å². The largest absolute Gasteiger partial charge is 0.508 e. The van der Waals surface area contributed by atoms with Crippen molar-refractivity contribution in [2.24, 2.45) is 5.92 Å². The third-order valence-corrected chi connectivity index (χ3v) is 6.81. The van der Waals surface area contributed by atoms with Gasteiger partial charge in [-0.2, -0.15) is 0 Å². The summed E-state index contributed by atoms with van der Waals surface area (Å²) in [5.41, 5.74) is 2.63. The van der Waals surface area contributed by atoms with Gasteiger partial charge in [0.1, 0.15) is 82.1 Å². The minimum atomic E-state index is -0.410. The van der Waals surface area contributed by atoms with Crippen LogP contribution < -0.4 is 32.8 Å². The molecule has 0 heterocycles. The molecule has 1 atom stereocenters. The zero-order chi connectivity index (χ0) is 29.2. The number of phenols is 1. The standard InChI is InChI=1S/C27H23B9O2/c1-6-8-15(30)16(14(29)7-2)11(4)10(3)9-13(26(37)12(5)28)17-18-19(27(38)25(36)20(17)31)22(33)24(35)23(34)21(18)32/h7-8,10,37-38H,5-6,9H2,1-4H3/b14-7+,15-8+,16-11+,26-13-/t10-/m0/s1. The van der Waals surface area contributed by atoms with E-state index in [-0.39, 0.29) is 78.3 Å². The maximum absolute atomic E-state index is 11.2. The van der Waals surface area contributed by atoms with Crippen LogP contribution in [0.25, 0.3) is 16.3 Å². The van der Waals surface area contributed by atoms with Gasteiger partial charge in [-0.05, 0) is 49.1 Å². The molecule has 0 aliphatic carbocycles. The number of hydrogen-bond acceptors (Lipinski definition) is 2. The van der Waals surface area contributed by atoms with E-state index < -0.39 is 5.75 Å². The van der Waals surface area contributed by atoms with Crippen molar-refractivity contribution < 1.29 is 10.2 Å². The van der Waals surface area contributed by atoms with Crippen LogP contribution in [0.1, 0.15) is 46.1 Å². The van der Waals surface area contributed by atoms with Gasteiger partial charge >= 0.3 is 0 Å². The number of aliphatic hydroxyl groups excluding tert-OH is 1. The van der Waals surface area contributed by atoms with Crippen molar-refractivity contribution in [1.29, 1.82) is 0 Å². The van der Waals surface area contributed by atoms with Crippen LogP contribution in [0.3, 0.4) is 0 Å². The first-order valence-electron chi connectivity index (χ1n) is 12.0. The van der Waals surface area contributed by atoms with Crippen LogP contribution in [0.15, 0.2) is 52.1 Å². The molecule has 0 saturated carbocycles. The van der Waals surface area contributed by atoms with Crippen molar-refractivity contribution in [3.63, 3.8) is 0 Å². The van der Waals surface area contributed by atoms with E-state index >= 15 is 0 Å². The molecule has 2 aromatic carbocycles.